The van der Waals surface area contributed by atoms with Gasteiger partial charge in [-0.05, 0) is 67.4 Å². The summed E-state index contributed by atoms with van der Waals surface area (Å²) in [5.74, 6) is 0.730. The number of para-hydroxylation sites is 1. The van der Waals surface area contributed by atoms with Crippen molar-refractivity contribution in [2.75, 3.05) is 0 Å². The quantitative estimate of drug-likeness (QED) is 0.201. The second-order valence-electron chi connectivity index (χ2n) is 13.0. The molecular weight excluding hydrogens is 569 g/mol. The Morgan fingerprint density at radius 1 is 0.447 bits per heavy atom. The molecule has 7 aromatic carbocycles. The predicted octanol–water partition coefficient (Wildman–Crippen LogP) is 11.8. The van der Waals surface area contributed by atoms with E-state index in [1.54, 1.807) is 0 Å². The Bertz CT molecular complexity index is 2470. The molecule has 0 unspecified atom stereocenters. The van der Waals surface area contributed by atoms with Crippen LogP contribution in [0.3, 0.4) is 0 Å². The molecule has 0 N–H and O–H groups in total. The largest absolute Gasteiger partial charge is 0.228 e. The molecule has 0 radical (unpaired) electrons. The third kappa shape index (κ3) is 4.40. The normalized spacial score (nSPS) is 13.1. The van der Waals surface area contributed by atoms with E-state index in [0.717, 1.165) is 39.1 Å². The molecule has 1 aromatic heterocycles. The van der Waals surface area contributed by atoms with Crippen LogP contribution in [-0.2, 0) is 5.41 Å². The summed E-state index contributed by atoms with van der Waals surface area (Å²) in [5, 5.41) is 3.56. The summed E-state index contributed by atoms with van der Waals surface area (Å²) in [6.07, 6.45) is 0. The molecule has 2 heteroatoms. The van der Waals surface area contributed by atoms with Crippen molar-refractivity contribution < 1.29 is 0 Å². The topological polar surface area (TPSA) is 25.8 Å². The minimum absolute atomic E-state index is 0.141. The van der Waals surface area contributed by atoms with Gasteiger partial charge >= 0.3 is 0 Å². The van der Waals surface area contributed by atoms with Gasteiger partial charge in [0.1, 0.15) is 0 Å². The summed E-state index contributed by atoms with van der Waals surface area (Å²) in [6, 6.07) is 56.4. The van der Waals surface area contributed by atoms with Gasteiger partial charge in [-0.2, -0.15) is 0 Å². The summed E-state index contributed by atoms with van der Waals surface area (Å²) >= 11 is 0. The first-order valence-electron chi connectivity index (χ1n) is 16.3. The third-order valence-electron chi connectivity index (χ3n) is 9.87. The number of benzene rings is 7. The zero-order valence-electron chi connectivity index (χ0n) is 26.4. The van der Waals surface area contributed by atoms with Crippen LogP contribution in [0.5, 0.6) is 0 Å². The Morgan fingerprint density at radius 2 is 1.09 bits per heavy atom. The fourth-order valence-corrected chi connectivity index (χ4v) is 7.58. The van der Waals surface area contributed by atoms with Gasteiger partial charge in [0, 0.05) is 21.9 Å². The minimum Gasteiger partial charge on any atom is -0.228 e. The first-order chi connectivity index (χ1) is 23.1. The lowest BCUT2D eigenvalue weighted by atomic mass is 9.79. The molecule has 9 rings (SSSR count). The Labute approximate surface area is 275 Å². The molecular formula is C45H32N2. The Balaban J connectivity index is 1.21. The highest BCUT2D eigenvalue weighted by molar-refractivity contribution is 6.08. The molecule has 0 atom stereocenters. The van der Waals surface area contributed by atoms with E-state index in [0.29, 0.717) is 0 Å². The molecule has 0 aliphatic heterocycles. The first kappa shape index (κ1) is 27.5. The van der Waals surface area contributed by atoms with Gasteiger partial charge in [0.2, 0.25) is 0 Å². The van der Waals surface area contributed by atoms with Crippen molar-refractivity contribution >= 4 is 21.7 Å². The summed E-state index contributed by atoms with van der Waals surface area (Å²) in [5.41, 5.74) is 14.0. The molecule has 0 bridgehead atoms. The van der Waals surface area contributed by atoms with Gasteiger partial charge in [-0.3, -0.25) is 0 Å². The molecule has 0 saturated heterocycles. The van der Waals surface area contributed by atoms with Gasteiger partial charge in [-0.1, -0.05) is 159 Å². The molecule has 8 aromatic rings. The third-order valence-corrected chi connectivity index (χ3v) is 9.87. The Morgan fingerprint density at radius 3 is 1.94 bits per heavy atom. The van der Waals surface area contributed by atoms with E-state index in [-0.39, 0.29) is 5.41 Å². The van der Waals surface area contributed by atoms with Crippen LogP contribution in [0.25, 0.3) is 77.7 Å². The smallest absolute Gasteiger partial charge is 0.160 e. The maximum absolute atomic E-state index is 5.39. The Hall–Kier alpha value is -5.86. The van der Waals surface area contributed by atoms with Crippen LogP contribution in [-0.4, -0.2) is 9.97 Å². The molecule has 0 saturated carbocycles. The van der Waals surface area contributed by atoms with E-state index in [4.69, 9.17) is 9.97 Å². The zero-order chi connectivity index (χ0) is 31.5. The highest BCUT2D eigenvalue weighted by Crippen LogP contribution is 2.53. The number of rotatable bonds is 4. The van der Waals surface area contributed by atoms with E-state index in [1.165, 1.54) is 49.7 Å². The SMILES string of the molecule is CC1(C)c2ccccc2-c2ccc3cccc(-c4nc(-c5cccc(-c6ccc(-c7ccccc7)cc6)c5)nc5ccccc45)c3c21. The molecule has 0 spiro atoms. The minimum atomic E-state index is -0.141. The standard InChI is InChI=1S/C45H32N2/c1-45(2)39-20-8-6-17-35(39)36-27-26-32-14-11-19-38(41(32)42(36)45)43-37-18-7-9-21-40(37)46-44(47-43)34-16-10-15-33(28-34)31-24-22-30(23-25-31)29-12-4-3-5-13-29/h3-28H,1-2H3. The van der Waals surface area contributed by atoms with Crippen LogP contribution in [0.2, 0.25) is 0 Å². The molecule has 222 valence electrons. The van der Waals surface area contributed by atoms with Crippen molar-refractivity contribution in [1.82, 2.24) is 9.97 Å². The van der Waals surface area contributed by atoms with E-state index in [1.807, 2.05) is 0 Å². The summed E-state index contributed by atoms with van der Waals surface area (Å²) in [7, 11) is 0. The lowest BCUT2D eigenvalue weighted by Gasteiger charge is -2.24. The second kappa shape index (κ2) is 10.6. The molecule has 2 nitrogen and oxygen atoms in total. The number of hydrogen-bond donors (Lipinski definition) is 0. The van der Waals surface area contributed by atoms with Gasteiger partial charge in [0.15, 0.2) is 5.82 Å². The summed E-state index contributed by atoms with van der Waals surface area (Å²) < 4.78 is 0. The highest BCUT2D eigenvalue weighted by Gasteiger charge is 2.37. The van der Waals surface area contributed by atoms with Crippen LogP contribution >= 0.6 is 0 Å². The van der Waals surface area contributed by atoms with E-state index in [2.05, 4.69) is 172 Å². The number of hydrogen-bond acceptors (Lipinski definition) is 2. The van der Waals surface area contributed by atoms with Crippen LogP contribution in [0.4, 0.5) is 0 Å². The maximum atomic E-state index is 5.39. The molecule has 1 aliphatic rings. The van der Waals surface area contributed by atoms with Crippen molar-refractivity contribution in [1.29, 1.82) is 0 Å². The monoisotopic (exact) mass is 600 g/mol. The van der Waals surface area contributed by atoms with Crippen LogP contribution in [0.15, 0.2) is 158 Å². The average molecular weight is 601 g/mol. The van der Waals surface area contributed by atoms with Crippen molar-refractivity contribution in [3.63, 3.8) is 0 Å². The van der Waals surface area contributed by atoms with E-state index in [9.17, 15) is 0 Å². The first-order valence-corrected chi connectivity index (χ1v) is 16.3. The predicted molar refractivity (Wildman–Crippen MR) is 196 cm³/mol. The van der Waals surface area contributed by atoms with E-state index < -0.39 is 0 Å². The zero-order valence-corrected chi connectivity index (χ0v) is 26.4. The van der Waals surface area contributed by atoms with Crippen LogP contribution in [0.1, 0.15) is 25.0 Å². The average Bonchev–Trinajstić information content (AvgIpc) is 3.37. The van der Waals surface area contributed by atoms with E-state index >= 15 is 0 Å². The van der Waals surface area contributed by atoms with Crippen molar-refractivity contribution in [2.45, 2.75) is 19.3 Å². The van der Waals surface area contributed by atoms with Gasteiger partial charge in [-0.15, -0.1) is 0 Å². The second-order valence-corrected chi connectivity index (χ2v) is 13.0. The Kier molecular flexibility index (Phi) is 6.20. The number of fused-ring (bicyclic) bond motifs is 6. The van der Waals surface area contributed by atoms with Crippen LogP contribution < -0.4 is 0 Å². The lowest BCUT2D eigenvalue weighted by molar-refractivity contribution is 0.666. The lowest BCUT2D eigenvalue weighted by Crippen LogP contribution is -2.15. The molecule has 1 heterocycles. The number of aromatic nitrogens is 2. The molecule has 1 aliphatic carbocycles. The molecule has 0 amide bonds. The van der Waals surface area contributed by atoms with Crippen molar-refractivity contribution in [3.05, 3.63) is 169 Å². The van der Waals surface area contributed by atoms with Gasteiger partial charge in [0.25, 0.3) is 0 Å². The van der Waals surface area contributed by atoms with Gasteiger partial charge in [-0.25, -0.2) is 9.97 Å². The summed E-state index contributed by atoms with van der Waals surface area (Å²) in [6.45, 7) is 4.71. The van der Waals surface area contributed by atoms with Crippen molar-refractivity contribution in [2.24, 2.45) is 0 Å². The van der Waals surface area contributed by atoms with Crippen LogP contribution in [0, 0.1) is 0 Å². The molecule has 0 fully saturated rings. The maximum Gasteiger partial charge on any atom is 0.160 e. The fraction of sp³-hybridized carbons (Fsp3) is 0.0667. The van der Waals surface area contributed by atoms with Gasteiger partial charge in [0.05, 0.1) is 11.2 Å². The van der Waals surface area contributed by atoms with Gasteiger partial charge < -0.3 is 0 Å². The fourth-order valence-electron chi connectivity index (χ4n) is 7.58. The number of nitrogens with zero attached hydrogens (tertiary/aromatic N) is 2. The highest BCUT2D eigenvalue weighted by atomic mass is 14.9. The van der Waals surface area contributed by atoms with Crippen molar-refractivity contribution in [3.8, 4) is 56.0 Å². The summed E-state index contributed by atoms with van der Waals surface area (Å²) in [4.78, 5) is 10.5. The molecule has 47 heavy (non-hydrogen) atoms.